The molecule has 0 spiro atoms. The van der Waals surface area contributed by atoms with Gasteiger partial charge < -0.3 is 19.3 Å². The first-order valence-corrected chi connectivity index (χ1v) is 13.0. The monoisotopic (exact) mass is 532 g/mol. The number of hydrogen-bond donors (Lipinski definition) is 2. The Kier molecular flexibility index (Phi) is 8.58. The van der Waals surface area contributed by atoms with Gasteiger partial charge in [-0.05, 0) is 67.4 Å². The smallest absolute Gasteiger partial charge is 0.306 e. The van der Waals surface area contributed by atoms with Gasteiger partial charge in [-0.15, -0.1) is 0 Å². The first kappa shape index (κ1) is 29.6. The minimum Gasteiger partial charge on any atom is -0.487 e. The lowest BCUT2D eigenvalue weighted by molar-refractivity contribution is -0.156. The SMILES string of the molecule is CC(C)(C)OC(=O)CCC(C)(C)OCCC(C)(C)Oc1cccc2c1C(=O)N(C1CCC(=O)NC1=O)C2O. The van der Waals surface area contributed by atoms with Crippen molar-refractivity contribution in [2.24, 2.45) is 0 Å². The van der Waals surface area contributed by atoms with Crippen LogP contribution in [0.15, 0.2) is 18.2 Å². The van der Waals surface area contributed by atoms with Crippen LogP contribution in [0.1, 0.15) is 103 Å². The molecule has 0 bridgehead atoms. The Morgan fingerprint density at radius 1 is 1.05 bits per heavy atom. The fourth-order valence-electron chi connectivity index (χ4n) is 4.52. The number of fused-ring (bicyclic) bond motifs is 1. The van der Waals surface area contributed by atoms with Crippen LogP contribution in [-0.2, 0) is 23.9 Å². The molecule has 2 atom stereocenters. The third-order valence-electron chi connectivity index (χ3n) is 6.53. The summed E-state index contributed by atoms with van der Waals surface area (Å²) in [5, 5.41) is 13.1. The Morgan fingerprint density at radius 3 is 2.37 bits per heavy atom. The van der Waals surface area contributed by atoms with E-state index >= 15 is 0 Å². The summed E-state index contributed by atoms with van der Waals surface area (Å²) in [5.41, 5.74) is -1.26. The zero-order chi connectivity index (χ0) is 28.5. The topological polar surface area (TPSA) is 131 Å². The number of aliphatic hydroxyl groups excluding tert-OH is 1. The summed E-state index contributed by atoms with van der Waals surface area (Å²) < 4.78 is 17.7. The van der Waals surface area contributed by atoms with Gasteiger partial charge in [-0.1, -0.05) is 12.1 Å². The largest absolute Gasteiger partial charge is 0.487 e. The van der Waals surface area contributed by atoms with Crippen LogP contribution >= 0.6 is 0 Å². The van der Waals surface area contributed by atoms with Gasteiger partial charge in [-0.2, -0.15) is 0 Å². The Labute approximate surface area is 224 Å². The lowest BCUT2D eigenvalue weighted by Gasteiger charge is -2.32. The summed E-state index contributed by atoms with van der Waals surface area (Å²) in [6.45, 7) is 13.4. The van der Waals surface area contributed by atoms with Gasteiger partial charge in [-0.3, -0.25) is 29.4 Å². The van der Waals surface area contributed by atoms with Crippen molar-refractivity contribution in [3.05, 3.63) is 29.3 Å². The second-order valence-electron chi connectivity index (χ2n) is 12.1. The maximum Gasteiger partial charge on any atom is 0.306 e. The van der Waals surface area contributed by atoms with Gasteiger partial charge in [0.05, 0.1) is 17.8 Å². The molecule has 2 aliphatic rings. The van der Waals surface area contributed by atoms with Crippen molar-refractivity contribution in [1.82, 2.24) is 10.2 Å². The van der Waals surface area contributed by atoms with Crippen molar-refractivity contribution in [3.8, 4) is 5.75 Å². The zero-order valence-electron chi connectivity index (χ0n) is 23.4. The molecule has 2 heterocycles. The number of nitrogens with zero attached hydrogens (tertiary/aromatic N) is 1. The van der Waals surface area contributed by atoms with E-state index in [0.29, 0.717) is 30.8 Å². The van der Waals surface area contributed by atoms with Gasteiger partial charge >= 0.3 is 5.97 Å². The zero-order valence-corrected chi connectivity index (χ0v) is 23.4. The van der Waals surface area contributed by atoms with Crippen molar-refractivity contribution in [1.29, 1.82) is 0 Å². The van der Waals surface area contributed by atoms with Crippen LogP contribution in [0.25, 0.3) is 0 Å². The van der Waals surface area contributed by atoms with Crippen LogP contribution in [-0.4, -0.2) is 63.1 Å². The van der Waals surface area contributed by atoms with Crippen molar-refractivity contribution < 1.29 is 38.5 Å². The van der Waals surface area contributed by atoms with Crippen molar-refractivity contribution in [3.63, 3.8) is 0 Å². The highest BCUT2D eigenvalue weighted by Gasteiger charge is 2.46. The van der Waals surface area contributed by atoms with Crippen molar-refractivity contribution in [2.75, 3.05) is 6.61 Å². The highest BCUT2D eigenvalue weighted by molar-refractivity contribution is 6.06. The van der Waals surface area contributed by atoms with Crippen LogP contribution in [0.4, 0.5) is 0 Å². The summed E-state index contributed by atoms with van der Waals surface area (Å²) >= 11 is 0. The number of amides is 3. The Morgan fingerprint density at radius 2 is 1.74 bits per heavy atom. The maximum absolute atomic E-state index is 13.4. The van der Waals surface area contributed by atoms with Crippen LogP contribution in [0, 0.1) is 0 Å². The number of hydrogen-bond acceptors (Lipinski definition) is 8. The molecule has 3 rings (SSSR count). The molecule has 0 aliphatic carbocycles. The Balaban J connectivity index is 1.61. The molecule has 0 aromatic heterocycles. The number of aliphatic hydroxyl groups is 1. The number of rotatable bonds is 10. The molecule has 1 saturated heterocycles. The van der Waals surface area contributed by atoms with E-state index < -0.39 is 46.8 Å². The molecule has 10 nitrogen and oxygen atoms in total. The van der Waals surface area contributed by atoms with Crippen LogP contribution in [0.3, 0.4) is 0 Å². The molecular weight excluding hydrogens is 492 g/mol. The molecular formula is C28H40N2O8. The van der Waals surface area contributed by atoms with E-state index in [-0.39, 0.29) is 30.8 Å². The molecule has 38 heavy (non-hydrogen) atoms. The third-order valence-corrected chi connectivity index (χ3v) is 6.53. The van der Waals surface area contributed by atoms with E-state index in [9.17, 15) is 24.3 Å². The summed E-state index contributed by atoms with van der Waals surface area (Å²) in [7, 11) is 0. The van der Waals surface area contributed by atoms with Gasteiger partial charge in [0, 0.05) is 24.8 Å². The fourth-order valence-corrected chi connectivity index (χ4v) is 4.52. The molecule has 210 valence electrons. The number of piperidine rings is 1. The van der Waals surface area contributed by atoms with Crippen LogP contribution in [0.2, 0.25) is 0 Å². The summed E-state index contributed by atoms with van der Waals surface area (Å²) in [6.07, 6.45) is 0.145. The maximum atomic E-state index is 13.4. The molecule has 2 unspecified atom stereocenters. The molecule has 2 N–H and O–H groups in total. The molecule has 10 heteroatoms. The molecule has 1 aromatic rings. The number of nitrogens with one attached hydrogen (secondary N) is 1. The fraction of sp³-hybridized carbons (Fsp3) is 0.643. The van der Waals surface area contributed by atoms with E-state index in [2.05, 4.69) is 5.32 Å². The van der Waals surface area contributed by atoms with Crippen molar-refractivity contribution in [2.45, 2.75) is 110 Å². The van der Waals surface area contributed by atoms with Gasteiger partial charge in [0.25, 0.3) is 5.91 Å². The Hall–Kier alpha value is -2.98. The summed E-state index contributed by atoms with van der Waals surface area (Å²) in [5.74, 6) is -1.49. The highest BCUT2D eigenvalue weighted by Crippen LogP contribution is 2.40. The number of carbonyl (C=O) groups excluding carboxylic acids is 4. The molecule has 2 aliphatic heterocycles. The number of esters is 1. The third kappa shape index (κ3) is 7.32. The average molecular weight is 533 g/mol. The molecule has 1 fully saturated rings. The van der Waals surface area contributed by atoms with Crippen LogP contribution < -0.4 is 10.1 Å². The first-order chi connectivity index (χ1) is 17.5. The molecule has 0 radical (unpaired) electrons. The van der Waals surface area contributed by atoms with Crippen molar-refractivity contribution >= 4 is 23.7 Å². The quantitative estimate of drug-likeness (QED) is 0.346. The average Bonchev–Trinajstić information content (AvgIpc) is 3.02. The molecule has 0 saturated carbocycles. The lowest BCUT2D eigenvalue weighted by atomic mass is 10.0. The molecule has 3 amide bonds. The van der Waals surface area contributed by atoms with E-state index in [1.807, 2.05) is 48.5 Å². The minimum atomic E-state index is -1.32. The number of ether oxygens (including phenoxy) is 3. The number of imide groups is 1. The highest BCUT2D eigenvalue weighted by atomic mass is 16.6. The number of carbonyl (C=O) groups is 4. The first-order valence-electron chi connectivity index (χ1n) is 13.0. The van der Waals surface area contributed by atoms with Gasteiger partial charge in [0.15, 0.2) is 6.23 Å². The van der Waals surface area contributed by atoms with Crippen LogP contribution in [0.5, 0.6) is 5.75 Å². The van der Waals surface area contributed by atoms with Gasteiger partial charge in [0.2, 0.25) is 11.8 Å². The lowest BCUT2D eigenvalue weighted by Crippen LogP contribution is -2.53. The second-order valence-corrected chi connectivity index (χ2v) is 12.1. The predicted molar refractivity (Wildman–Crippen MR) is 138 cm³/mol. The van der Waals surface area contributed by atoms with E-state index in [4.69, 9.17) is 14.2 Å². The van der Waals surface area contributed by atoms with Gasteiger partial charge in [-0.25, -0.2) is 0 Å². The summed E-state index contributed by atoms with van der Waals surface area (Å²) in [6, 6.07) is 4.02. The van der Waals surface area contributed by atoms with E-state index in [1.54, 1.807) is 18.2 Å². The van der Waals surface area contributed by atoms with E-state index in [0.717, 1.165) is 4.90 Å². The normalized spacial score (nSPS) is 20.3. The summed E-state index contributed by atoms with van der Waals surface area (Å²) in [4.78, 5) is 50.5. The van der Waals surface area contributed by atoms with E-state index in [1.165, 1.54) is 0 Å². The second kappa shape index (κ2) is 11.0. The Bertz CT molecular complexity index is 1090. The number of benzene rings is 1. The molecule has 1 aromatic carbocycles. The van der Waals surface area contributed by atoms with Gasteiger partial charge in [0.1, 0.15) is 23.0 Å². The standard InChI is InChI=1S/C28H40N2O8/c1-26(2,3)38-21(32)13-14-27(4,5)36-16-15-28(6,7)37-19-10-8-9-17-22(19)25(35)30(24(17)34)18-11-12-20(31)29-23(18)33/h8-10,18,24,34H,11-16H2,1-7H3,(H,29,31,33). The minimum absolute atomic E-state index is 0.0910. The predicted octanol–water partition coefficient (Wildman–Crippen LogP) is 3.40.